The maximum atomic E-state index is 5.90. The molecule has 0 aliphatic heterocycles. The molecule has 0 aliphatic rings. The van der Waals surface area contributed by atoms with Crippen LogP contribution >= 0.6 is 11.8 Å². The second-order valence-electron chi connectivity index (χ2n) is 6.39. The van der Waals surface area contributed by atoms with Crippen LogP contribution in [-0.2, 0) is 12.0 Å². The van der Waals surface area contributed by atoms with E-state index in [1.807, 2.05) is 16.7 Å². The molecule has 3 aromatic rings. The highest BCUT2D eigenvalue weighted by molar-refractivity contribution is 7.99. The SMILES string of the molecule is C[C@H](Sc1nncn1Cc1ccco1)c1ncc(C(C)(C)C)o1. The standard InChI is InChI=1S/C16H20N4O2S/c1-11(14-17-8-13(22-14)16(2,3)4)23-15-19-18-10-20(15)9-12-6-5-7-21-12/h5-8,10-11H,9H2,1-4H3/t11-/m0/s1. The van der Waals surface area contributed by atoms with Crippen molar-refractivity contribution in [3.8, 4) is 0 Å². The third-order valence-corrected chi connectivity index (χ3v) is 4.46. The minimum atomic E-state index is -0.0467. The molecule has 122 valence electrons. The molecule has 0 amide bonds. The Morgan fingerprint density at radius 2 is 2.17 bits per heavy atom. The fraction of sp³-hybridized carbons (Fsp3) is 0.438. The van der Waals surface area contributed by atoms with Crippen molar-refractivity contribution in [2.45, 2.75) is 50.1 Å². The second kappa shape index (κ2) is 6.23. The van der Waals surface area contributed by atoms with Crippen molar-refractivity contribution in [2.75, 3.05) is 0 Å². The molecule has 0 saturated heterocycles. The van der Waals surface area contributed by atoms with Gasteiger partial charge in [-0.2, -0.15) is 0 Å². The number of oxazole rings is 1. The van der Waals surface area contributed by atoms with Gasteiger partial charge in [-0.15, -0.1) is 10.2 Å². The van der Waals surface area contributed by atoms with Crippen LogP contribution in [0.5, 0.6) is 0 Å². The maximum absolute atomic E-state index is 5.90. The molecule has 1 atom stereocenters. The van der Waals surface area contributed by atoms with Crippen molar-refractivity contribution in [3.63, 3.8) is 0 Å². The minimum absolute atomic E-state index is 0.0467. The van der Waals surface area contributed by atoms with Crippen molar-refractivity contribution >= 4 is 11.8 Å². The van der Waals surface area contributed by atoms with Gasteiger partial charge in [0.05, 0.1) is 24.3 Å². The molecular formula is C16H20N4O2S. The summed E-state index contributed by atoms with van der Waals surface area (Å²) in [7, 11) is 0. The Kier molecular flexibility index (Phi) is 4.30. The molecule has 3 heterocycles. The molecule has 0 spiro atoms. The average molecular weight is 332 g/mol. The monoisotopic (exact) mass is 332 g/mol. The van der Waals surface area contributed by atoms with Crippen LogP contribution < -0.4 is 0 Å². The number of aromatic nitrogens is 4. The first-order chi connectivity index (χ1) is 10.9. The van der Waals surface area contributed by atoms with E-state index in [-0.39, 0.29) is 10.7 Å². The molecule has 3 rings (SSSR count). The first kappa shape index (κ1) is 15.9. The van der Waals surface area contributed by atoms with Crippen LogP contribution in [0.4, 0.5) is 0 Å². The molecule has 23 heavy (non-hydrogen) atoms. The number of hydrogen-bond acceptors (Lipinski definition) is 6. The van der Waals surface area contributed by atoms with E-state index < -0.39 is 0 Å². The molecule has 0 bridgehead atoms. The first-order valence-electron chi connectivity index (χ1n) is 7.46. The Morgan fingerprint density at radius 3 is 2.83 bits per heavy atom. The average Bonchev–Trinajstić information content (AvgIpc) is 3.20. The zero-order valence-electron chi connectivity index (χ0n) is 13.7. The number of thioether (sulfide) groups is 1. The largest absolute Gasteiger partial charge is 0.467 e. The third kappa shape index (κ3) is 3.67. The summed E-state index contributed by atoms with van der Waals surface area (Å²) in [5, 5.41) is 9.03. The van der Waals surface area contributed by atoms with Crippen LogP contribution in [0.2, 0.25) is 0 Å². The van der Waals surface area contributed by atoms with E-state index in [2.05, 4.69) is 42.9 Å². The van der Waals surface area contributed by atoms with Crippen LogP contribution in [0, 0.1) is 0 Å². The van der Waals surface area contributed by atoms with Gasteiger partial charge in [-0.05, 0) is 19.1 Å². The van der Waals surface area contributed by atoms with Gasteiger partial charge in [0.1, 0.15) is 17.8 Å². The minimum Gasteiger partial charge on any atom is -0.467 e. The number of nitrogens with zero attached hydrogens (tertiary/aromatic N) is 4. The predicted octanol–water partition coefficient (Wildman–Crippen LogP) is 4.06. The second-order valence-corrected chi connectivity index (χ2v) is 7.70. The highest BCUT2D eigenvalue weighted by atomic mass is 32.2. The van der Waals surface area contributed by atoms with E-state index in [9.17, 15) is 0 Å². The summed E-state index contributed by atoms with van der Waals surface area (Å²) < 4.78 is 13.2. The molecule has 0 aromatic carbocycles. The molecule has 0 aliphatic carbocycles. The summed E-state index contributed by atoms with van der Waals surface area (Å²) >= 11 is 1.57. The van der Waals surface area contributed by atoms with E-state index in [1.165, 1.54) is 0 Å². The summed E-state index contributed by atoms with van der Waals surface area (Å²) in [5.74, 6) is 2.45. The Hall–Kier alpha value is -2.02. The summed E-state index contributed by atoms with van der Waals surface area (Å²) in [6.07, 6.45) is 5.17. The van der Waals surface area contributed by atoms with Gasteiger partial charge in [0.2, 0.25) is 5.89 Å². The maximum Gasteiger partial charge on any atom is 0.207 e. The lowest BCUT2D eigenvalue weighted by Gasteiger charge is -2.13. The Morgan fingerprint density at radius 1 is 1.35 bits per heavy atom. The quantitative estimate of drug-likeness (QED) is 0.656. The van der Waals surface area contributed by atoms with Gasteiger partial charge in [0.25, 0.3) is 0 Å². The molecule has 6 nitrogen and oxygen atoms in total. The highest BCUT2D eigenvalue weighted by Gasteiger charge is 2.23. The van der Waals surface area contributed by atoms with Crippen LogP contribution in [0.15, 0.2) is 44.9 Å². The normalized spacial score (nSPS) is 13.4. The molecule has 3 aromatic heterocycles. The topological polar surface area (TPSA) is 69.9 Å². The van der Waals surface area contributed by atoms with Gasteiger partial charge in [-0.25, -0.2) is 4.98 Å². The number of hydrogen-bond donors (Lipinski definition) is 0. The summed E-state index contributed by atoms with van der Waals surface area (Å²) in [4.78, 5) is 4.41. The smallest absolute Gasteiger partial charge is 0.207 e. The van der Waals surface area contributed by atoms with E-state index in [1.54, 1.807) is 30.5 Å². The van der Waals surface area contributed by atoms with Gasteiger partial charge >= 0.3 is 0 Å². The van der Waals surface area contributed by atoms with Crippen LogP contribution in [-0.4, -0.2) is 19.7 Å². The molecule has 0 saturated carbocycles. The van der Waals surface area contributed by atoms with Crippen LogP contribution in [0.25, 0.3) is 0 Å². The third-order valence-electron chi connectivity index (χ3n) is 3.38. The highest BCUT2D eigenvalue weighted by Crippen LogP contribution is 2.35. The van der Waals surface area contributed by atoms with Crippen molar-refractivity contribution in [1.82, 2.24) is 19.7 Å². The lowest BCUT2D eigenvalue weighted by molar-refractivity contribution is 0.383. The van der Waals surface area contributed by atoms with Gasteiger partial charge in [-0.1, -0.05) is 32.5 Å². The first-order valence-corrected chi connectivity index (χ1v) is 8.34. The molecule has 0 unspecified atom stereocenters. The van der Waals surface area contributed by atoms with E-state index in [4.69, 9.17) is 8.83 Å². The lowest BCUT2D eigenvalue weighted by Crippen LogP contribution is -2.09. The van der Waals surface area contributed by atoms with Crippen LogP contribution in [0.1, 0.15) is 50.4 Å². The van der Waals surface area contributed by atoms with E-state index in [0.29, 0.717) is 12.4 Å². The summed E-state index contributed by atoms with van der Waals surface area (Å²) in [6, 6.07) is 3.80. The molecule has 0 N–H and O–H groups in total. The van der Waals surface area contributed by atoms with E-state index in [0.717, 1.165) is 16.7 Å². The van der Waals surface area contributed by atoms with Crippen molar-refractivity contribution in [1.29, 1.82) is 0 Å². The fourth-order valence-corrected chi connectivity index (χ4v) is 2.91. The lowest BCUT2D eigenvalue weighted by atomic mass is 9.94. The molecule has 0 radical (unpaired) electrons. The van der Waals surface area contributed by atoms with Crippen molar-refractivity contribution in [3.05, 3.63) is 48.3 Å². The fourth-order valence-electron chi connectivity index (χ4n) is 2.05. The Labute approximate surface area is 139 Å². The van der Waals surface area contributed by atoms with Crippen molar-refractivity contribution in [2.24, 2.45) is 0 Å². The summed E-state index contributed by atoms with van der Waals surface area (Å²) in [5.41, 5.74) is -0.0467. The van der Waals surface area contributed by atoms with Crippen molar-refractivity contribution < 1.29 is 8.83 Å². The van der Waals surface area contributed by atoms with Gasteiger partial charge < -0.3 is 13.4 Å². The predicted molar refractivity (Wildman–Crippen MR) is 87.3 cm³/mol. The molecule has 0 fully saturated rings. The zero-order valence-corrected chi connectivity index (χ0v) is 14.5. The van der Waals surface area contributed by atoms with Gasteiger partial charge in [-0.3, -0.25) is 0 Å². The van der Waals surface area contributed by atoms with E-state index >= 15 is 0 Å². The number of rotatable bonds is 5. The van der Waals surface area contributed by atoms with Gasteiger partial charge in [0.15, 0.2) is 5.16 Å². The Bertz CT molecular complexity index is 755. The Balaban J connectivity index is 1.72. The molecule has 7 heteroatoms. The summed E-state index contributed by atoms with van der Waals surface area (Å²) in [6.45, 7) is 8.97. The van der Waals surface area contributed by atoms with Crippen LogP contribution in [0.3, 0.4) is 0 Å². The van der Waals surface area contributed by atoms with Gasteiger partial charge in [0, 0.05) is 5.41 Å². The number of furan rings is 1. The molecular weight excluding hydrogens is 312 g/mol. The zero-order chi connectivity index (χ0) is 16.4.